The normalized spacial score (nSPS) is 10.6. The highest BCUT2D eigenvalue weighted by molar-refractivity contribution is 5.84. The van der Waals surface area contributed by atoms with Crippen LogP contribution in [0.4, 0.5) is 5.95 Å². The Morgan fingerprint density at radius 2 is 2.00 bits per heavy atom. The maximum absolute atomic E-state index is 10.8. The highest BCUT2D eigenvalue weighted by atomic mass is 16.4. The Labute approximate surface area is 82.2 Å². The lowest BCUT2D eigenvalue weighted by Gasteiger charge is -2.16. The standard InChI is InChI=1S/C8H14N4O2/c1-5(2)12-6(7(13)14)9-10-8(12)11(3)4/h5H,1-4H3,(H,13,14). The molecule has 14 heavy (non-hydrogen) atoms. The van der Waals surface area contributed by atoms with Crippen molar-refractivity contribution in [1.29, 1.82) is 0 Å². The van der Waals surface area contributed by atoms with Crippen molar-refractivity contribution in [2.45, 2.75) is 19.9 Å². The Hall–Kier alpha value is -1.59. The van der Waals surface area contributed by atoms with Gasteiger partial charge in [0.15, 0.2) is 0 Å². The smallest absolute Gasteiger partial charge is 0.374 e. The van der Waals surface area contributed by atoms with Crippen molar-refractivity contribution in [2.75, 3.05) is 19.0 Å². The van der Waals surface area contributed by atoms with Crippen molar-refractivity contribution in [3.05, 3.63) is 5.82 Å². The van der Waals surface area contributed by atoms with Crippen molar-refractivity contribution in [3.63, 3.8) is 0 Å². The zero-order chi connectivity index (χ0) is 10.9. The quantitative estimate of drug-likeness (QED) is 0.771. The van der Waals surface area contributed by atoms with Crippen LogP contribution in [0.15, 0.2) is 0 Å². The summed E-state index contributed by atoms with van der Waals surface area (Å²) in [6.45, 7) is 3.78. The van der Waals surface area contributed by atoms with E-state index in [1.54, 1.807) is 23.6 Å². The molecule has 1 heterocycles. The van der Waals surface area contributed by atoms with Gasteiger partial charge in [-0.15, -0.1) is 10.2 Å². The molecule has 0 radical (unpaired) electrons. The summed E-state index contributed by atoms with van der Waals surface area (Å²) in [6.07, 6.45) is 0. The van der Waals surface area contributed by atoms with E-state index in [-0.39, 0.29) is 11.9 Å². The van der Waals surface area contributed by atoms with Crippen molar-refractivity contribution in [1.82, 2.24) is 14.8 Å². The van der Waals surface area contributed by atoms with E-state index in [2.05, 4.69) is 10.2 Å². The van der Waals surface area contributed by atoms with Gasteiger partial charge >= 0.3 is 5.97 Å². The van der Waals surface area contributed by atoms with E-state index in [1.165, 1.54) is 0 Å². The minimum Gasteiger partial charge on any atom is -0.475 e. The average molecular weight is 198 g/mol. The van der Waals surface area contributed by atoms with Gasteiger partial charge in [0.1, 0.15) is 0 Å². The first-order chi connectivity index (χ1) is 6.45. The number of hydrogen-bond donors (Lipinski definition) is 1. The highest BCUT2D eigenvalue weighted by Gasteiger charge is 2.20. The van der Waals surface area contributed by atoms with Crippen LogP contribution in [-0.4, -0.2) is 39.9 Å². The predicted octanol–water partition coefficient (Wildman–Crippen LogP) is 0.623. The molecular formula is C8H14N4O2. The van der Waals surface area contributed by atoms with Gasteiger partial charge < -0.3 is 10.0 Å². The van der Waals surface area contributed by atoms with Gasteiger partial charge in [-0.3, -0.25) is 4.57 Å². The van der Waals surface area contributed by atoms with Crippen LogP contribution in [0.3, 0.4) is 0 Å². The number of aromatic carboxylic acids is 1. The maximum atomic E-state index is 10.8. The van der Waals surface area contributed by atoms with E-state index in [0.29, 0.717) is 5.95 Å². The second kappa shape index (κ2) is 3.65. The molecule has 1 aromatic rings. The fourth-order valence-corrected chi connectivity index (χ4v) is 1.21. The van der Waals surface area contributed by atoms with Crippen LogP contribution in [0.2, 0.25) is 0 Å². The Kier molecular flexibility index (Phi) is 2.73. The molecule has 6 nitrogen and oxygen atoms in total. The summed E-state index contributed by atoms with van der Waals surface area (Å²) in [4.78, 5) is 12.6. The molecule has 0 aromatic carbocycles. The Morgan fingerprint density at radius 3 is 2.36 bits per heavy atom. The van der Waals surface area contributed by atoms with E-state index >= 15 is 0 Å². The number of nitrogens with zero attached hydrogens (tertiary/aromatic N) is 4. The molecule has 0 unspecified atom stereocenters. The molecule has 6 heteroatoms. The van der Waals surface area contributed by atoms with Crippen LogP contribution in [0.1, 0.15) is 30.5 Å². The number of carbonyl (C=O) groups is 1. The van der Waals surface area contributed by atoms with Crippen molar-refractivity contribution in [3.8, 4) is 0 Å². The van der Waals surface area contributed by atoms with E-state index < -0.39 is 5.97 Å². The number of rotatable bonds is 3. The Bertz CT molecular complexity index is 343. The largest absolute Gasteiger partial charge is 0.475 e. The van der Waals surface area contributed by atoms with Gasteiger partial charge in [-0.1, -0.05) is 0 Å². The first kappa shape index (κ1) is 10.5. The number of aromatic nitrogens is 3. The zero-order valence-corrected chi connectivity index (χ0v) is 8.72. The van der Waals surface area contributed by atoms with Gasteiger partial charge in [-0.25, -0.2) is 4.79 Å². The minimum absolute atomic E-state index is 0.0218. The molecule has 0 saturated heterocycles. The molecule has 1 aromatic heterocycles. The van der Waals surface area contributed by atoms with Crippen LogP contribution in [-0.2, 0) is 0 Å². The number of carboxylic acid groups (broad SMARTS) is 1. The lowest BCUT2D eigenvalue weighted by atomic mass is 10.4. The van der Waals surface area contributed by atoms with Crippen molar-refractivity contribution < 1.29 is 9.90 Å². The molecule has 0 spiro atoms. The van der Waals surface area contributed by atoms with E-state index in [1.807, 2.05) is 13.8 Å². The summed E-state index contributed by atoms with van der Waals surface area (Å²) >= 11 is 0. The van der Waals surface area contributed by atoms with Gasteiger partial charge in [0.05, 0.1) is 0 Å². The Morgan fingerprint density at radius 1 is 1.43 bits per heavy atom. The summed E-state index contributed by atoms with van der Waals surface area (Å²) < 4.78 is 1.59. The molecule has 78 valence electrons. The molecule has 0 bridgehead atoms. The first-order valence-corrected chi connectivity index (χ1v) is 4.30. The predicted molar refractivity (Wildman–Crippen MR) is 51.7 cm³/mol. The van der Waals surface area contributed by atoms with E-state index in [9.17, 15) is 4.79 Å². The minimum atomic E-state index is -1.06. The topological polar surface area (TPSA) is 71.2 Å². The van der Waals surface area contributed by atoms with E-state index in [0.717, 1.165) is 0 Å². The van der Waals surface area contributed by atoms with Crippen LogP contribution < -0.4 is 4.90 Å². The van der Waals surface area contributed by atoms with E-state index in [4.69, 9.17) is 5.11 Å². The molecule has 0 amide bonds. The summed E-state index contributed by atoms with van der Waals surface area (Å²) in [5, 5.41) is 16.3. The molecule has 0 aliphatic heterocycles. The summed E-state index contributed by atoms with van der Waals surface area (Å²) in [7, 11) is 3.60. The second-order valence-corrected chi connectivity index (χ2v) is 3.49. The molecule has 0 aliphatic carbocycles. The zero-order valence-electron chi connectivity index (χ0n) is 8.72. The first-order valence-electron chi connectivity index (χ1n) is 4.30. The lowest BCUT2D eigenvalue weighted by Crippen LogP contribution is -2.19. The van der Waals surface area contributed by atoms with Gasteiger partial charge in [-0.2, -0.15) is 0 Å². The van der Waals surface area contributed by atoms with Crippen LogP contribution in [0, 0.1) is 0 Å². The Balaban J connectivity index is 3.27. The number of carboxylic acids is 1. The van der Waals surface area contributed by atoms with Gasteiger partial charge in [0.25, 0.3) is 0 Å². The fourth-order valence-electron chi connectivity index (χ4n) is 1.21. The lowest BCUT2D eigenvalue weighted by molar-refractivity contribution is 0.0676. The summed E-state index contributed by atoms with van der Waals surface area (Å²) in [6, 6.07) is 0.0218. The fraction of sp³-hybridized carbons (Fsp3) is 0.625. The average Bonchev–Trinajstić information content (AvgIpc) is 2.46. The third-order valence-corrected chi connectivity index (χ3v) is 1.79. The van der Waals surface area contributed by atoms with Crippen LogP contribution >= 0.6 is 0 Å². The maximum Gasteiger partial charge on any atom is 0.374 e. The third kappa shape index (κ3) is 1.68. The number of anilines is 1. The monoisotopic (exact) mass is 198 g/mol. The molecule has 0 fully saturated rings. The summed E-state index contributed by atoms with van der Waals surface area (Å²) in [5.41, 5.74) is 0. The summed E-state index contributed by atoms with van der Waals surface area (Å²) in [5.74, 6) is -0.527. The molecular weight excluding hydrogens is 184 g/mol. The molecule has 1 rings (SSSR count). The number of hydrogen-bond acceptors (Lipinski definition) is 4. The molecule has 0 atom stereocenters. The molecule has 1 N–H and O–H groups in total. The van der Waals surface area contributed by atoms with Gasteiger partial charge in [0.2, 0.25) is 11.8 Å². The van der Waals surface area contributed by atoms with Crippen LogP contribution in [0.25, 0.3) is 0 Å². The molecule has 0 saturated carbocycles. The van der Waals surface area contributed by atoms with Crippen molar-refractivity contribution in [2.24, 2.45) is 0 Å². The highest BCUT2D eigenvalue weighted by Crippen LogP contribution is 2.17. The molecule has 0 aliphatic rings. The van der Waals surface area contributed by atoms with Gasteiger partial charge in [-0.05, 0) is 13.8 Å². The van der Waals surface area contributed by atoms with Crippen LogP contribution in [0.5, 0.6) is 0 Å². The van der Waals surface area contributed by atoms with Crippen molar-refractivity contribution >= 4 is 11.9 Å². The SMILES string of the molecule is CC(C)n1c(C(=O)O)nnc1N(C)C. The second-order valence-electron chi connectivity index (χ2n) is 3.49. The third-order valence-electron chi connectivity index (χ3n) is 1.79. The van der Waals surface area contributed by atoms with Gasteiger partial charge in [0, 0.05) is 20.1 Å².